The van der Waals surface area contributed by atoms with Gasteiger partial charge in [-0.1, -0.05) is 36.5 Å². The van der Waals surface area contributed by atoms with Crippen LogP contribution in [0.15, 0.2) is 49.6 Å². The summed E-state index contributed by atoms with van der Waals surface area (Å²) >= 11 is 9.53. The number of aliphatic hydroxyl groups excluding tert-OH is 3. The van der Waals surface area contributed by atoms with E-state index in [2.05, 4.69) is 13.2 Å². The Morgan fingerprint density at radius 3 is 1.63 bits per heavy atom. The first-order valence-corrected chi connectivity index (χ1v) is 13.7. The Balaban J connectivity index is 0. The van der Waals surface area contributed by atoms with Gasteiger partial charge in [0.15, 0.2) is 18.3 Å². The van der Waals surface area contributed by atoms with Gasteiger partial charge >= 0.3 is 17.9 Å². The summed E-state index contributed by atoms with van der Waals surface area (Å²) in [6.07, 6.45) is 3.57. The lowest BCUT2D eigenvalue weighted by Gasteiger charge is -2.21. The Bertz CT molecular complexity index is 763. The van der Waals surface area contributed by atoms with Gasteiger partial charge in [-0.3, -0.25) is 0 Å². The standard InChI is InChI=1S/C10H16O4.2C8H12O4.CH2Cl2/c1-4-7-14-9(8(11)5-2)10(12)13-6-3;2*1-2-11-8(10)7-6(9)4-3-5-12-7;2-1-3/h4-5,8-9,11H,1-2,6-7H2,3H3;2*3-4,6-7,9H,2,5H2,1H3;1H2/t;6-,7+;6-,7-;/m.01./s1. The summed E-state index contributed by atoms with van der Waals surface area (Å²) < 4.78 is 29.1. The number of carbonyl (C=O) groups is 3. The van der Waals surface area contributed by atoms with Crippen molar-refractivity contribution >= 4 is 41.1 Å². The summed E-state index contributed by atoms with van der Waals surface area (Å²) in [6.45, 7) is 13.6. The fourth-order valence-electron chi connectivity index (χ4n) is 2.80. The largest absolute Gasteiger partial charge is 0.464 e. The van der Waals surface area contributed by atoms with Crippen LogP contribution >= 0.6 is 23.2 Å². The second-order valence-electron chi connectivity index (χ2n) is 7.47. The lowest BCUT2D eigenvalue weighted by molar-refractivity contribution is -0.163. The van der Waals surface area contributed by atoms with Crippen molar-refractivity contribution in [3.8, 4) is 0 Å². The lowest BCUT2D eigenvalue weighted by atomic mass is 10.1. The SMILES string of the molecule is C=CCOC(C(=O)OCC)C(O)C=C.CCOC(=O)[C@@H]1OCC=C[C@@H]1O.CCOC(=O)[C@@H]1OCC=C[C@H]1O.ClCCl. The molecule has 14 heteroatoms. The van der Waals surface area contributed by atoms with Crippen LogP contribution in [-0.2, 0) is 42.8 Å². The molecule has 2 unspecified atom stereocenters. The highest BCUT2D eigenvalue weighted by Gasteiger charge is 2.30. The molecule has 0 aromatic carbocycles. The van der Waals surface area contributed by atoms with Crippen molar-refractivity contribution in [1.29, 1.82) is 0 Å². The highest BCUT2D eigenvalue weighted by molar-refractivity contribution is 6.40. The molecule has 0 saturated heterocycles. The number of aliphatic hydroxyl groups is 3. The summed E-state index contributed by atoms with van der Waals surface area (Å²) in [5.74, 6) is -1.61. The van der Waals surface area contributed by atoms with Crippen molar-refractivity contribution < 1.29 is 58.1 Å². The van der Waals surface area contributed by atoms with E-state index in [-0.39, 0.29) is 18.6 Å². The van der Waals surface area contributed by atoms with Crippen molar-refractivity contribution in [3.05, 3.63) is 49.6 Å². The Morgan fingerprint density at radius 2 is 1.32 bits per heavy atom. The normalized spacial score (nSPS) is 22.0. The number of ether oxygens (including phenoxy) is 6. The van der Waals surface area contributed by atoms with E-state index in [9.17, 15) is 29.7 Å². The molecule has 2 heterocycles. The molecule has 2 aliphatic heterocycles. The average Bonchev–Trinajstić information content (AvgIpc) is 2.95. The molecule has 0 spiro atoms. The molecule has 2 aliphatic rings. The molecule has 0 aliphatic carbocycles. The van der Waals surface area contributed by atoms with Gasteiger partial charge in [0.2, 0.25) is 0 Å². The van der Waals surface area contributed by atoms with Gasteiger partial charge in [0.05, 0.1) is 45.0 Å². The van der Waals surface area contributed by atoms with Gasteiger partial charge in [-0.05, 0) is 20.8 Å². The van der Waals surface area contributed by atoms with Crippen molar-refractivity contribution in [2.24, 2.45) is 0 Å². The van der Waals surface area contributed by atoms with E-state index in [1.54, 1.807) is 32.9 Å². The maximum Gasteiger partial charge on any atom is 0.338 e. The van der Waals surface area contributed by atoms with Gasteiger partial charge in [-0.2, -0.15) is 0 Å². The first-order valence-electron chi connectivity index (χ1n) is 12.7. The lowest BCUT2D eigenvalue weighted by Crippen LogP contribution is -2.39. The van der Waals surface area contributed by atoms with Gasteiger partial charge in [0, 0.05) is 0 Å². The second-order valence-corrected chi connectivity index (χ2v) is 8.28. The highest BCUT2D eigenvalue weighted by Crippen LogP contribution is 2.10. The molecule has 236 valence electrons. The minimum atomic E-state index is -1.06. The molecule has 0 saturated carbocycles. The number of esters is 3. The fourth-order valence-corrected chi connectivity index (χ4v) is 2.80. The van der Waals surface area contributed by atoms with E-state index in [0.717, 1.165) is 0 Å². The second kappa shape index (κ2) is 26.6. The number of rotatable bonds is 11. The van der Waals surface area contributed by atoms with E-state index in [1.165, 1.54) is 24.3 Å². The molecule has 0 aromatic rings. The Morgan fingerprint density at radius 1 is 0.902 bits per heavy atom. The Hall–Kier alpha value is -2.29. The third-order valence-corrected chi connectivity index (χ3v) is 4.53. The van der Waals surface area contributed by atoms with Crippen LogP contribution in [0.2, 0.25) is 0 Å². The topological polar surface area (TPSA) is 167 Å². The van der Waals surface area contributed by atoms with Gasteiger partial charge in [-0.15, -0.1) is 36.4 Å². The smallest absolute Gasteiger partial charge is 0.338 e. The molecule has 2 rings (SSSR count). The van der Waals surface area contributed by atoms with Gasteiger partial charge < -0.3 is 43.7 Å². The summed E-state index contributed by atoms with van der Waals surface area (Å²) in [4.78, 5) is 33.4. The predicted molar refractivity (Wildman–Crippen MR) is 152 cm³/mol. The van der Waals surface area contributed by atoms with Crippen LogP contribution in [0.5, 0.6) is 0 Å². The van der Waals surface area contributed by atoms with Gasteiger partial charge in [0.1, 0.15) is 18.3 Å². The Labute approximate surface area is 251 Å². The van der Waals surface area contributed by atoms with Crippen molar-refractivity contribution in [2.45, 2.75) is 57.4 Å². The van der Waals surface area contributed by atoms with Crippen molar-refractivity contribution in [1.82, 2.24) is 0 Å². The third-order valence-electron chi connectivity index (χ3n) is 4.53. The summed E-state index contributed by atoms with van der Waals surface area (Å²) in [5.41, 5.74) is 0. The molecule has 0 fully saturated rings. The molecular formula is C27H42Cl2O12. The molecule has 6 atom stereocenters. The molecule has 12 nitrogen and oxygen atoms in total. The van der Waals surface area contributed by atoms with Crippen LogP contribution in [0.1, 0.15) is 20.8 Å². The number of carbonyl (C=O) groups excluding carboxylic acids is 3. The van der Waals surface area contributed by atoms with E-state index in [1.807, 2.05) is 0 Å². The van der Waals surface area contributed by atoms with Crippen molar-refractivity contribution in [2.75, 3.05) is 45.0 Å². The predicted octanol–water partition coefficient (Wildman–Crippen LogP) is 1.82. The first kappa shape index (κ1) is 40.8. The fraction of sp³-hybridized carbons (Fsp3) is 0.593. The van der Waals surface area contributed by atoms with E-state index >= 15 is 0 Å². The number of alkyl halides is 2. The van der Waals surface area contributed by atoms with Gasteiger partial charge in [-0.25, -0.2) is 14.4 Å². The van der Waals surface area contributed by atoms with Crippen LogP contribution in [0, 0.1) is 0 Å². The number of hydrogen-bond acceptors (Lipinski definition) is 12. The molecule has 0 radical (unpaired) electrons. The van der Waals surface area contributed by atoms with E-state index < -0.39 is 54.5 Å². The third kappa shape index (κ3) is 18.7. The molecule has 0 amide bonds. The highest BCUT2D eigenvalue weighted by atomic mass is 35.5. The molecule has 0 bridgehead atoms. The number of hydrogen-bond donors (Lipinski definition) is 3. The van der Waals surface area contributed by atoms with Crippen LogP contribution in [-0.4, -0.2) is 115 Å². The average molecular weight is 630 g/mol. The zero-order valence-corrected chi connectivity index (χ0v) is 25.1. The molecule has 0 aromatic heterocycles. The minimum absolute atomic E-state index is 0.175. The number of halogens is 2. The maximum atomic E-state index is 11.3. The van der Waals surface area contributed by atoms with Gasteiger partial charge in [0.25, 0.3) is 0 Å². The summed E-state index contributed by atoms with van der Waals surface area (Å²) in [7, 11) is 0. The maximum absolute atomic E-state index is 11.3. The van der Waals surface area contributed by atoms with E-state index in [4.69, 9.17) is 51.6 Å². The molecule has 3 N–H and O–H groups in total. The molecule has 41 heavy (non-hydrogen) atoms. The van der Waals surface area contributed by atoms with Crippen LogP contribution in [0.4, 0.5) is 0 Å². The molecular weight excluding hydrogens is 587 g/mol. The zero-order valence-electron chi connectivity index (χ0n) is 23.6. The van der Waals surface area contributed by atoms with E-state index in [0.29, 0.717) is 26.4 Å². The van der Waals surface area contributed by atoms with Crippen LogP contribution in [0.25, 0.3) is 0 Å². The first-order chi connectivity index (χ1) is 19.6. The minimum Gasteiger partial charge on any atom is -0.464 e. The van der Waals surface area contributed by atoms with Crippen LogP contribution in [0.3, 0.4) is 0 Å². The van der Waals surface area contributed by atoms with Crippen LogP contribution < -0.4 is 0 Å². The monoisotopic (exact) mass is 628 g/mol. The summed E-state index contributed by atoms with van der Waals surface area (Å²) in [6, 6.07) is 0. The summed E-state index contributed by atoms with van der Waals surface area (Å²) in [5, 5.41) is 28.1. The zero-order chi connectivity index (χ0) is 31.6. The Kier molecular flexibility index (Phi) is 26.5. The quantitative estimate of drug-likeness (QED) is 0.132. The van der Waals surface area contributed by atoms with Crippen molar-refractivity contribution in [3.63, 3.8) is 0 Å².